The van der Waals surface area contributed by atoms with E-state index < -0.39 is 11.6 Å². The van der Waals surface area contributed by atoms with Crippen molar-refractivity contribution in [2.75, 3.05) is 0 Å². The van der Waals surface area contributed by atoms with Gasteiger partial charge in [-0.2, -0.15) is 0 Å². The van der Waals surface area contributed by atoms with Crippen molar-refractivity contribution < 1.29 is 8.78 Å². The lowest BCUT2D eigenvalue weighted by Crippen LogP contribution is -2.35. The second-order valence-corrected chi connectivity index (χ2v) is 7.50. The highest BCUT2D eigenvalue weighted by Crippen LogP contribution is 2.40. The van der Waals surface area contributed by atoms with Gasteiger partial charge < -0.3 is 10.6 Å². The van der Waals surface area contributed by atoms with Gasteiger partial charge in [0.15, 0.2) is 17.6 Å². The monoisotopic (exact) mass is 467 g/mol. The van der Waals surface area contributed by atoms with E-state index in [0.29, 0.717) is 21.6 Å². The lowest BCUT2D eigenvalue weighted by Gasteiger charge is -2.21. The molecule has 3 aromatic rings. The Morgan fingerprint density at radius 1 is 0.867 bits per heavy atom. The molecule has 2 atom stereocenters. The Hall–Kier alpha value is -2.34. The molecule has 0 aromatic heterocycles. The van der Waals surface area contributed by atoms with Crippen molar-refractivity contribution in [2.45, 2.75) is 18.6 Å². The van der Waals surface area contributed by atoms with Crippen LogP contribution in [0.2, 0.25) is 10.0 Å². The third kappa shape index (κ3) is 4.69. The fourth-order valence-corrected chi connectivity index (χ4v) is 3.85. The first-order valence-corrected chi connectivity index (χ1v) is 9.79. The molecule has 0 spiro atoms. The molecule has 2 N–H and O–H groups in total. The summed E-state index contributed by atoms with van der Waals surface area (Å²) in [5.41, 5.74) is 2.37. The van der Waals surface area contributed by atoms with Crippen molar-refractivity contribution >= 4 is 41.6 Å². The van der Waals surface area contributed by atoms with Crippen LogP contribution in [0.25, 0.3) is 0 Å². The fraction of sp³-hybridized carbons (Fsp3) is 0.136. The zero-order chi connectivity index (χ0) is 20.4. The third-order valence-electron chi connectivity index (χ3n) is 4.78. The Balaban J connectivity index is 0.00000256. The van der Waals surface area contributed by atoms with E-state index in [-0.39, 0.29) is 31.0 Å². The topological polar surface area (TPSA) is 36.4 Å². The molecule has 0 saturated heterocycles. The minimum absolute atomic E-state index is 0. The highest BCUT2D eigenvalue weighted by atomic mass is 35.5. The molecular formula is C22H18Cl3F2N3. The molecular weight excluding hydrogens is 451 g/mol. The average molecular weight is 469 g/mol. The summed E-state index contributed by atoms with van der Waals surface area (Å²) < 4.78 is 26.6. The smallest absolute Gasteiger partial charge is 0.192 e. The first-order valence-electron chi connectivity index (χ1n) is 9.04. The van der Waals surface area contributed by atoms with Crippen LogP contribution < -0.4 is 10.6 Å². The molecule has 0 fully saturated rings. The van der Waals surface area contributed by atoms with Gasteiger partial charge in [-0.3, -0.25) is 0 Å². The first-order chi connectivity index (χ1) is 14.0. The third-order valence-corrected chi connectivity index (χ3v) is 5.47. The van der Waals surface area contributed by atoms with E-state index in [9.17, 15) is 8.78 Å². The lowest BCUT2D eigenvalue weighted by atomic mass is 9.95. The van der Waals surface area contributed by atoms with Crippen molar-refractivity contribution in [1.29, 1.82) is 0 Å². The van der Waals surface area contributed by atoms with Crippen LogP contribution in [-0.4, -0.2) is 5.96 Å². The molecule has 0 aliphatic carbocycles. The van der Waals surface area contributed by atoms with Gasteiger partial charge in [-0.15, -0.1) is 12.4 Å². The quantitative estimate of drug-likeness (QED) is 0.476. The van der Waals surface area contributed by atoms with Crippen LogP contribution in [0.3, 0.4) is 0 Å². The molecule has 0 unspecified atom stereocenters. The van der Waals surface area contributed by atoms with Crippen LogP contribution in [0.5, 0.6) is 0 Å². The SMILES string of the molecule is Cl.Fc1ccc(CNC2=N[C@@H](c3ccccc3Cl)[C@@H](c3ccccc3Cl)N2)cc1F. The summed E-state index contributed by atoms with van der Waals surface area (Å²) in [6.07, 6.45) is 0. The lowest BCUT2D eigenvalue weighted by molar-refractivity contribution is 0.506. The summed E-state index contributed by atoms with van der Waals surface area (Å²) in [5, 5.41) is 7.73. The maximum Gasteiger partial charge on any atom is 0.192 e. The minimum atomic E-state index is -0.881. The molecule has 1 aliphatic heterocycles. The summed E-state index contributed by atoms with van der Waals surface area (Å²) >= 11 is 12.9. The van der Waals surface area contributed by atoms with Gasteiger partial charge in [-0.05, 0) is 41.0 Å². The fourth-order valence-electron chi connectivity index (χ4n) is 3.35. The van der Waals surface area contributed by atoms with Crippen LogP contribution >= 0.6 is 35.6 Å². The van der Waals surface area contributed by atoms with E-state index >= 15 is 0 Å². The standard InChI is InChI=1S/C22H17Cl2F2N3.ClH/c23-16-7-3-1-5-14(16)20-21(15-6-2-4-8-17(15)24)29-22(28-20)27-12-13-9-10-18(25)19(26)11-13;/h1-11,20-21H,12H2,(H2,27,28,29);1H/t20-,21+;. The second kappa shape index (κ2) is 9.65. The van der Waals surface area contributed by atoms with E-state index in [1.165, 1.54) is 6.07 Å². The number of hydrogen-bond acceptors (Lipinski definition) is 3. The second-order valence-electron chi connectivity index (χ2n) is 6.69. The molecule has 4 rings (SSSR count). The van der Waals surface area contributed by atoms with Crippen LogP contribution in [0.15, 0.2) is 71.7 Å². The Labute approximate surface area is 189 Å². The van der Waals surface area contributed by atoms with E-state index in [4.69, 9.17) is 28.2 Å². The summed E-state index contributed by atoms with van der Waals surface area (Å²) in [5.74, 6) is -1.22. The molecule has 3 nitrogen and oxygen atoms in total. The van der Waals surface area contributed by atoms with Crippen molar-refractivity contribution in [3.8, 4) is 0 Å². The van der Waals surface area contributed by atoms with Crippen LogP contribution in [0.1, 0.15) is 28.8 Å². The summed E-state index contributed by atoms with van der Waals surface area (Å²) in [4.78, 5) is 4.76. The van der Waals surface area contributed by atoms with Gasteiger partial charge in [0.2, 0.25) is 0 Å². The average Bonchev–Trinajstić information content (AvgIpc) is 3.13. The van der Waals surface area contributed by atoms with Gasteiger partial charge >= 0.3 is 0 Å². The molecule has 0 radical (unpaired) electrons. The van der Waals surface area contributed by atoms with Gasteiger partial charge in [0.25, 0.3) is 0 Å². The molecule has 1 aliphatic rings. The highest BCUT2D eigenvalue weighted by Gasteiger charge is 2.33. The number of hydrogen-bond donors (Lipinski definition) is 2. The number of guanidine groups is 1. The van der Waals surface area contributed by atoms with E-state index in [1.807, 2.05) is 48.5 Å². The molecule has 30 heavy (non-hydrogen) atoms. The van der Waals surface area contributed by atoms with Gasteiger partial charge in [0, 0.05) is 16.6 Å². The number of aliphatic imine (C=N–C) groups is 1. The number of nitrogens with zero attached hydrogens (tertiary/aromatic N) is 1. The van der Waals surface area contributed by atoms with E-state index in [0.717, 1.165) is 23.3 Å². The number of halogens is 5. The Kier molecular flexibility index (Phi) is 7.19. The van der Waals surface area contributed by atoms with Gasteiger partial charge in [0.05, 0.1) is 6.04 Å². The van der Waals surface area contributed by atoms with Crippen molar-refractivity contribution in [3.63, 3.8) is 0 Å². The van der Waals surface area contributed by atoms with E-state index in [2.05, 4.69) is 10.6 Å². The van der Waals surface area contributed by atoms with Crippen molar-refractivity contribution in [1.82, 2.24) is 10.6 Å². The zero-order valence-corrected chi connectivity index (χ0v) is 17.9. The Morgan fingerprint density at radius 2 is 1.50 bits per heavy atom. The predicted octanol–water partition coefficient (Wildman–Crippen LogP) is 6.22. The van der Waals surface area contributed by atoms with Crippen molar-refractivity contribution in [2.24, 2.45) is 4.99 Å². The summed E-state index contributed by atoms with van der Waals surface area (Å²) in [7, 11) is 0. The molecule has 0 saturated carbocycles. The minimum Gasteiger partial charge on any atom is -0.352 e. The van der Waals surface area contributed by atoms with Gasteiger partial charge in [-0.1, -0.05) is 65.7 Å². The predicted molar refractivity (Wildman–Crippen MR) is 119 cm³/mol. The highest BCUT2D eigenvalue weighted by molar-refractivity contribution is 6.32. The zero-order valence-electron chi connectivity index (χ0n) is 15.6. The number of nitrogens with one attached hydrogen (secondary N) is 2. The largest absolute Gasteiger partial charge is 0.352 e. The van der Waals surface area contributed by atoms with Crippen LogP contribution in [0, 0.1) is 11.6 Å². The number of benzene rings is 3. The maximum absolute atomic E-state index is 13.5. The van der Waals surface area contributed by atoms with Crippen molar-refractivity contribution in [3.05, 3.63) is 105 Å². The molecule has 0 bridgehead atoms. The van der Waals surface area contributed by atoms with Crippen LogP contribution in [0.4, 0.5) is 8.78 Å². The van der Waals surface area contributed by atoms with Gasteiger partial charge in [-0.25, -0.2) is 13.8 Å². The summed E-state index contributed by atoms with van der Waals surface area (Å²) in [6.45, 7) is 0.285. The molecule has 3 aromatic carbocycles. The van der Waals surface area contributed by atoms with Gasteiger partial charge in [0.1, 0.15) is 6.04 Å². The normalized spacial score (nSPS) is 17.7. The molecule has 0 amide bonds. The maximum atomic E-state index is 13.5. The number of rotatable bonds is 4. The van der Waals surface area contributed by atoms with E-state index in [1.54, 1.807) is 0 Å². The first kappa shape index (κ1) is 22.3. The summed E-state index contributed by atoms with van der Waals surface area (Å²) in [6, 6.07) is 18.4. The molecule has 156 valence electrons. The molecule has 8 heteroatoms. The Morgan fingerprint density at radius 3 is 2.13 bits per heavy atom. The Bertz CT molecular complexity index is 1070. The van der Waals surface area contributed by atoms with Crippen LogP contribution in [-0.2, 0) is 6.54 Å². The molecule has 1 heterocycles.